The Balaban J connectivity index is 2.19. The quantitative estimate of drug-likeness (QED) is 0.500. The Kier molecular flexibility index (Phi) is 6.17. The zero-order chi connectivity index (χ0) is 22.9. The summed E-state index contributed by atoms with van der Waals surface area (Å²) >= 11 is 5.76. The largest absolute Gasteiger partial charge is 0.496 e. The number of alkyl halides is 3. The van der Waals surface area contributed by atoms with Crippen LogP contribution in [-0.2, 0) is 6.18 Å². The molecule has 0 unspecified atom stereocenters. The fourth-order valence-electron chi connectivity index (χ4n) is 3.02. The zero-order valence-electron chi connectivity index (χ0n) is 16.9. The van der Waals surface area contributed by atoms with E-state index >= 15 is 0 Å². The smallest absolute Gasteiger partial charge is 0.417 e. The number of nitrogens with two attached hydrogens (primary N) is 2. The van der Waals surface area contributed by atoms with E-state index in [1.165, 1.54) is 25.4 Å². The minimum atomic E-state index is -4.60. The van der Waals surface area contributed by atoms with Gasteiger partial charge in [0.25, 0.3) is 0 Å². The van der Waals surface area contributed by atoms with Crippen LogP contribution in [0.5, 0.6) is 17.2 Å². The minimum absolute atomic E-state index is 0.00447. The van der Waals surface area contributed by atoms with Crippen LogP contribution in [-0.4, -0.2) is 17.1 Å². The van der Waals surface area contributed by atoms with Crippen LogP contribution in [0.1, 0.15) is 30.9 Å². The Morgan fingerprint density at radius 1 is 1.03 bits per heavy atom. The lowest BCUT2D eigenvalue weighted by atomic mass is 9.95. The van der Waals surface area contributed by atoms with E-state index in [1.54, 1.807) is 12.1 Å². The molecule has 1 heterocycles. The molecule has 2 aromatic carbocycles. The van der Waals surface area contributed by atoms with E-state index in [2.05, 4.69) is 9.97 Å². The number of nitrogen functional groups attached to an aromatic ring is 2. The van der Waals surface area contributed by atoms with Gasteiger partial charge in [0, 0.05) is 11.1 Å². The molecule has 0 amide bonds. The molecule has 0 fully saturated rings. The molecule has 0 bridgehead atoms. The molecule has 4 N–H and O–H groups in total. The lowest BCUT2D eigenvalue weighted by Gasteiger charge is -2.19. The number of hydrogen-bond donors (Lipinski definition) is 2. The van der Waals surface area contributed by atoms with E-state index in [9.17, 15) is 13.2 Å². The number of nitrogens with zero attached hydrogens (tertiary/aromatic N) is 2. The van der Waals surface area contributed by atoms with Crippen molar-refractivity contribution in [1.29, 1.82) is 0 Å². The number of halogens is 4. The van der Waals surface area contributed by atoms with E-state index in [0.717, 1.165) is 11.6 Å². The van der Waals surface area contributed by atoms with E-state index in [1.807, 2.05) is 13.8 Å². The van der Waals surface area contributed by atoms with Crippen LogP contribution in [0, 0.1) is 0 Å². The van der Waals surface area contributed by atoms with Gasteiger partial charge >= 0.3 is 6.18 Å². The molecule has 0 saturated heterocycles. The number of anilines is 2. The van der Waals surface area contributed by atoms with Crippen molar-refractivity contribution in [3.05, 3.63) is 52.7 Å². The summed E-state index contributed by atoms with van der Waals surface area (Å²) in [6.07, 6.45) is -3.27. The molecule has 10 heteroatoms. The Hall–Kier alpha value is -3.20. The molecular weight excluding hydrogens is 433 g/mol. The molecule has 0 spiro atoms. The first-order chi connectivity index (χ1) is 14.5. The SMILES string of the molecule is COc1cc(C(C)C)c(Oc2cnc(N)nc2N)cc1-c1ccc(Cl)c(C(F)(F)F)c1. The molecule has 31 heavy (non-hydrogen) atoms. The Labute approximate surface area is 182 Å². The number of methoxy groups -OCH3 is 1. The van der Waals surface area contributed by atoms with Gasteiger partial charge in [-0.05, 0) is 35.7 Å². The standard InChI is InChI=1S/C21H20ClF3N4O2/c1-10(2)12-7-16(30-3)13(11-4-5-15(22)14(6-11)21(23,24)25)8-17(12)31-18-9-28-20(27)29-19(18)26/h4-10H,1-3H3,(H4,26,27,28,29). The Morgan fingerprint density at radius 2 is 1.74 bits per heavy atom. The monoisotopic (exact) mass is 452 g/mol. The normalized spacial score (nSPS) is 11.6. The van der Waals surface area contributed by atoms with Gasteiger partial charge in [-0.2, -0.15) is 18.2 Å². The topological polar surface area (TPSA) is 96.3 Å². The molecular formula is C21H20ClF3N4O2. The first-order valence-electron chi connectivity index (χ1n) is 9.16. The van der Waals surface area contributed by atoms with E-state index in [-0.39, 0.29) is 29.0 Å². The molecule has 0 aliphatic carbocycles. The van der Waals surface area contributed by atoms with Gasteiger partial charge in [0.2, 0.25) is 5.95 Å². The first kappa shape index (κ1) is 22.5. The maximum absolute atomic E-state index is 13.4. The summed E-state index contributed by atoms with van der Waals surface area (Å²) in [5.41, 5.74) is 11.8. The molecule has 3 rings (SSSR count). The number of hydrogen-bond acceptors (Lipinski definition) is 6. The number of ether oxygens (including phenoxy) is 2. The summed E-state index contributed by atoms with van der Waals surface area (Å²) in [6, 6.07) is 6.95. The van der Waals surface area contributed by atoms with Crippen LogP contribution < -0.4 is 20.9 Å². The number of benzene rings is 2. The van der Waals surface area contributed by atoms with Crippen LogP contribution in [0.3, 0.4) is 0 Å². The van der Waals surface area contributed by atoms with Crippen molar-refractivity contribution in [2.75, 3.05) is 18.6 Å². The van der Waals surface area contributed by atoms with Gasteiger partial charge in [-0.1, -0.05) is 31.5 Å². The third-order valence-corrected chi connectivity index (χ3v) is 4.89. The maximum atomic E-state index is 13.4. The highest BCUT2D eigenvalue weighted by atomic mass is 35.5. The van der Waals surface area contributed by atoms with Crippen molar-refractivity contribution >= 4 is 23.4 Å². The highest BCUT2D eigenvalue weighted by Crippen LogP contribution is 2.43. The third-order valence-electron chi connectivity index (χ3n) is 4.56. The first-order valence-corrected chi connectivity index (χ1v) is 9.54. The second-order valence-corrected chi connectivity index (χ2v) is 7.42. The summed E-state index contributed by atoms with van der Waals surface area (Å²) in [7, 11) is 1.44. The van der Waals surface area contributed by atoms with E-state index in [0.29, 0.717) is 17.1 Å². The van der Waals surface area contributed by atoms with Gasteiger partial charge in [-0.15, -0.1) is 0 Å². The summed E-state index contributed by atoms with van der Waals surface area (Å²) in [5, 5.41) is -0.391. The number of aromatic nitrogens is 2. The zero-order valence-corrected chi connectivity index (χ0v) is 17.7. The average molecular weight is 453 g/mol. The van der Waals surface area contributed by atoms with Crippen LogP contribution in [0.15, 0.2) is 36.5 Å². The molecule has 0 aliphatic heterocycles. The number of rotatable bonds is 5. The second kappa shape index (κ2) is 8.50. The molecule has 164 valence electrons. The maximum Gasteiger partial charge on any atom is 0.417 e. The molecule has 0 radical (unpaired) electrons. The lowest BCUT2D eigenvalue weighted by Crippen LogP contribution is -2.06. The van der Waals surface area contributed by atoms with Gasteiger partial charge in [-0.25, -0.2) is 4.98 Å². The Morgan fingerprint density at radius 3 is 2.32 bits per heavy atom. The molecule has 6 nitrogen and oxygen atoms in total. The predicted molar refractivity (Wildman–Crippen MR) is 113 cm³/mol. The van der Waals surface area contributed by atoms with Crippen molar-refractivity contribution < 1.29 is 22.6 Å². The molecule has 3 aromatic rings. The minimum Gasteiger partial charge on any atom is -0.496 e. The van der Waals surface area contributed by atoms with Crippen molar-refractivity contribution in [3.8, 4) is 28.4 Å². The van der Waals surface area contributed by atoms with Crippen molar-refractivity contribution in [3.63, 3.8) is 0 Å². The van der Waals surface area contributed by atoms with Gasteiger partial charge in [0.1, 0.15) is 11.5 Å². The van der Waals surface area contributed by atoms with Crippen LogP contribution in [0.2, 0.25) is 5.02 Å². The van der Waals surface area contributed by atoms with Crippen molar-refractivity contribution in [2.24, 2.45) is 0 Å². The summed E-state index contributed by atoms with van der Waals surface area (Å²) in [6.45, 7) is 3.88. The third kappa shape index (κ3) is 4.77. The second-order valence-electron chi connectivity index (χ2n) is 7.02. The van der Waals surface area contributed by atoms with Crippen molar-refractivity contribution in [2.45, 2.75) is 25.9 Å². The summed E-state index contributed by atoms with van der Waals surface area (Å²) < 4.78 is 51.5. The predicted octanol–water partition coefficient (Wildman–Crippen LogP) is 5.90. The van der Waals surface area contributed by atoms with Gasteiger partial charge < -0.3 is 20.9 Å². The molecule has 0 atom stereocenters. The van der Waals surface area contributed by atoms with Gasteiger partial charge in [0.05, 0.1) is 23.9 Å². The average Bonchev–Trinajstić information content (AvgIpc) is 2.69. The van der Waals surface area contributed by atoms with E-state index in [4.69, 9.17) is 32.5 Å². The summed E-state index contributed by atoms with van der Waals surface area (Å²) in [4.78, 5) is 7.73. The van der Waals surface area contributed by atoms with Crippen LogP contribution in [0.25, 0.3) is 11.1 Å². The highest BCUT2D eigenvalue weighted by molar-refractivity contribution is 6.31. The molecule has 0 saturated carbocycles. The van der Waals surface area contributed by atoms with Crippen LogP contribution >= 0.6 is 11.6 Å². The molecule has 0 aliphatic rings. The van der Waals surface area contributed by atoms with E-state index < -0.39 is 16.8 Å². The Bertz CT molecular complexity index is 1120. The van der Waals surface area contributed by atoms with Crippen molar-refractivity contribution in [1.82, 2.24) is 9.97 Å². The van der Waals surface area contributed by atoms with Gasteiger partial charge in [-0.3, -0.25) is 0 Å². The van der Waals surface area contributed by atoms with Crippen LogP contribution in [0.4, 0.5) is 24.9 Å². The highest BCUT2D eigenvalue weighted by Gasteiger charge is 2.33. The fourth-order valence-corrected chi connectivity index (χ4v) is 3.24. The summed E-state index contributed by atoms with van der Waals surface area (Å²) in [5.74, 6) is 0.946. The fraction of sp³-hybridized carbons (Fsp3) is 0.238. The van der Waals surface area contributed by atoms with Gasteiger partial charge in [0.15, 0.2) is 11.6 Å². The molecule has 1 aromatic heterocycles. The lowest BCUT2D eigenvalue weighted by molar-refractivity contribution is -0.137.